The van der Waals surface area contributed by atoms with Crippen LogP contribution < -0.4 is 4.72 Å². The van der Waals surface area contributed by atoms with Crippen molar-refractivity contribution in [3.05, 3.63) is 59.2 Å². The Kier molecular flexibility index (Phi) is 6.21. The number of nitrogens with zero attached hydrogens (tertiary/aromatic N) is 2. The van der Waals surface area contributed by atoms with Gasteiger partial charge in [0.1, 0.15) is 17.2 Å². The number of hydrogen-bond donors (Lipinski definition) is 2. The number of hydrogen-bond acceptors (Lipinski definition) is 7. The molecule has 0 saturated heterocycles. The van der Waals surface area contributed by atoms with E-state index in [0.717, 1.165) is 7.11 Å². The van der Waals surface area contributed by atoms with Gasteiger partial charge in [0.15, 0.2) is 17.2 Å². The van der Waals surface area contributed by atoms with Crippen LogP contribution in [0.1, 0.15) is 21.6 Å². The van der Waals surface area contributed by atoms with E-state index in [9.17, 15) is 35.9 Å². The summed E-state index contributed by atoms with van der Waals surface area (Å²) < 4.78 is 81.2. The highest BCUT2D eigenvalue weighted by Crippen LogP contribution is 2.33. The number of carbonyl (C=O) groups excluding carboxylic acids is 1. The van der Waals surface area contributed by atoms with E-state index in [1.165, 1.54) is 36.5 Å². The molecule has 0 aliphatic rings. The van der Waals surface area contributed by atoms with Crippen LogP contribution in [-0.4, -0.2) is 48.5 Å². The van der Waals surface area contributed by atoms with Crippen molar-refractivity contribution in [3.63, 3.8) is 0 Å². The predicted octanol–water partition coefficient (Wildman–Crippen LogP) is 3.16. The number of anilines is 1. The predicted molar refractivity (Wildman–Crippen MR) is 105 cm³/mol. The molecule has 170 valence electrons. The minimum absolute atomic E-state index is 0.152. The van der Waals surface area contributed by atoms with Crippen LogP contribution in [0.2, 0.25) is 0 Å². The van der Waals surface area contributed by atoms with Crippen LogP contribution in [-0.2, 0) is 21.2 Å². The molecule has 32 heavy (non-hydrogen) atoms. The number of alkyl halides is 3. The highest BCUT2D eigenvalue weighted by molar-refractivity contribution is 7.92. The summed E-state index contributed by atoms with van der Waals surface area (Å²) in [5.41, 5.74) is 0.0963. The highest BCUT2D eigenvalue weighted by Gasteiger charge is 2.36. The lowest BCUT2D eigenvalue weighted by atomic mass is 10.0. The van der Waals surface area contributed by atoms with Gasteiger partial charge in [0.25, 0.3) is 0 Å². The molecule has 2 N–H and O–H groups in total. The quantitative estimate of drug-likeness (QED) is 0.417. The van der Waals surface area contributed by atoms with Crippen LogP contribution >= 0.6 is 0 Å². The minimum Gasteiger partial charge on any atom is -0.504 e. The summed E-state index contributed by atoms with van der Waals surface area (Å²) in [7, 11) is -3.99. The number of carbonyl (C=O) groups is 1. The largest absolute Gasteiger partial charge is 0.504 e. The zero-order chi connectivity index (χ0) is 23.7. The SMILES string of the molecule is COC(=O)c1nc(NS(=O)(=O)CC(F)(F)F)c2cc(Cc3ccc(F)cc3)cnc2c1O. The van der Waals surface area contributed by atoms with Gasteiger partial charge in [-0.3, -0.25) is 9.71 Å². The smallest absolute Gasteiger partial charge is 0.404 e. The molecule has 0 aliphatic carbocycles. The Morgan fingerprint density at radius 3 is 2.44 bits per heavy atom. The van der Waals surface area contributed by atoms with Gasteiger partial charge in [-0.2, -0.15) is 13.2 Å². The van der Waals surface area contributed by atoms with Crippen molar-refractivity contribution in [1.29, 1.82) is 0 Å². The van der Waals surface area contributed by atoms with E-state index in [1.807, 2.05) is 0 Å². The van der Waals surface area contributed by atoms with Gasteiger partial charge in [0.2, 0.25) is 10.0 Å². The molecule has 2 heterocycles. The standard InChI is InChI=1S/C19H15F4N3O5S/c1-31-18(28)15-16(27)14-13(17(25-15)26-32(29,30)9-19(21,22)23)7-11(8-24-14)6-10-2-4-12(20)5-3-10/h2-5,7-8,27H,6,9H2,1H3,(H,25,26). The Hall–Kier alpha value is -3.48. The molecule has 0 bridgehead atoms. The average Bonchev–Trinajstić information content (AvgIpc) is 2.69. The van der Waals surface area contributed by atoms with Crippen LogP contribution in [0.25, 0.3) is 10.9 Å². The number of esters is 1. The maximum absolute atomic E-state index is 13.1. The monoisotopic (exact) mass is 473 g/mol. The third kappa shape index (κ3) is 5.41. The normalized spacial score (nSPS) is 12.0. The Bertz CT molecular complexity index is 1280. The van der Waals surface area contributed by atoms with Crippen molar-refractivity contribution in [2.75, 3.05) is 17.6 Å². The van der Waals surface area contributed by atoms with E-state index < -0.39 is 51.0 Å². The van der Waals surface area contributed by atoms with Gasteiger partial charge in [-0.25, -0.2) is 22.6 Å². The van der Waals surface area contributed by atoms with Gasteiger partial charge in [-0.15, -0.1) is 0 Å². The fraction of sp³-hybridized carbons (Fsp3) is 0.211. The molecule has 13 heteroatoms. The fourth-order valence-electron chi connectivity index (χ4n) is 2.86. The molecule has 2 aromatic heterocycles. The molecule has 8 nitrogen and oxygen atoms in total. The molecule has 3 aromatic rings. The second kappa shape index (κ2) is 8.57. The summed E-state index contributed by atoms with van der Waals surface area (Å²) in [4.78, 5) is 19.6. The van der Waals surface area contributed by atoms with Crippen molar-refractivity contribution >= 4 is 32.7 Å². The molecule has 0 saturated carbocycles. The van der Waals surface area contributed by atoms with Gasteiger partial charge >= 0.3 is 12.1 Å². The van der Waals surface area contributed by atoms with Gasteiger partial charge < -0.3 is 9.84 Å². The zero-order valence-corrected chi connectivity index (χ0v) is 17.1. The van der Waals surface area contributed by atoms with E-state index in [-0.39, 0.29) is 17.3 Å². The number of aromatic nitrogens is 2. The lowest BCUT2D eigenvalue weighted by molar-refractivity contribution is -0.106. The third-order valence-corrected chi connectivity index (χ3v) is 5.39. The second-order valence-corrected chi connectivity index (χ2v) is 8.39. The Labute approximate surface area is 178 Å². The number of aromatic hydroxyl groups is 1. The molecule has 0 atom stereocenters. The van der Waals surface area contributed by atoms with Gasteiger partial charge in [0.05, 0.1) is 7.11 Å². The maximum atomic E-state index is 13.1. The molecular formula is C19H15F4N3O5S. The first kappa shape index (κ1) is 23.2. The van der Waals surface area contributed by atoms with E-state index >= 15 is 0 Å². The molecule has 0 radical (unpaired) electrons. The number of fused-ring (bicyclic) bond motifs is 1. The number of sulfonamides is 1. The summed E-state index contributed by atoms with van der Waals surface area (Å²) in [6.45, 7) is 0. The molecular weight excluding hydrogens is 458 g/mol. The summed E-state index contributed by atoms with van der Waals surface area (Å²) in [6.07, 6.45) is -3.52. The summed E-state index contributed by atoms with van der Waals surface area (Å²) in [5.74, 6) is -5.18. The van der Waals surface area contributed by atoms with Crippen molar-refractivity contribution in [3.8, 4) is 5.75 Å². The Balaban J connectivity index is 2.13. The summed E-state index contributed by atoms with van der Waals surface area (Å²) in [6, 6.07) is 6.81. The maximum Gasteiger partial charge on any atom is 0.404 e. The topological polar surface area (TPSA) is 118 Å². The number of rotatable bonds is 6. The first-order chi connectivity index (χ1) is 14.9. The Morgan fingerprint density at radius 1 is 1.19 bits per heavy atom. The van der Waals surface area contributed by atoms with E-state index in [4.69, 9.17) is 0 Å². The van der Waals surface area contributed by atoms with Gasteiger partial charge in [-0.1, -0.05) is 12.1 Å². The van der Waals surface area contributed by atoms with Crippen molar-refractivity contribution in [1.82, 2.24) is 9.97 Å². The van der Waals surface area contributed by atoms with Gasteiger partial charge in [0, 0.05) is 11.6 Å². The highest BCUT2D eigenvalue weighted by atomic mass is 32.2. The first-order valence-electron chi connectivity index (χ1n) is 8.80. The Morgan fingerprint density at radius 2 is 1.84 bits per heavy atom. The first-order valence-corrected chi connectivity index (χ1v) is 10.5. The van der Waals surface area contributed by atoms with Crippen LogP contribution in [0.3, 0.4) is 0 Å². The lowest BCUT2D eigenvalue weighted by Gasteiger charge is -2.14. The lowest BCUT2D eigenvalue weighted by Crippen LogP contribution is -2.28. The van der Waals surface area contributed by atoms with E-state index in [1.54, 1.807) is 4.72 Å². The number of benzene rings is 1. The van der Waals surface area contributed by atoms with Crippen LogP contribution in [0.4, 0.5) is 23.4 Å². The minimum atomic E-state index is -5.03. The number of nitrogens with one attached hydrogen (secondary N) is 1. The molecule has 0 fully saturated rings. The second-order valence-electron chi connectivity index (χ2n) is 6.67. The average molecular weight is 473 g/mol. The molecule has 0 unspecified atom stereocenters. The zero-order valence-electron chi connectivity index (χ0n) is 16.3. The molecule has 1 aromatic carbocycles. The van der Waals surface area contributed by atoms with Crippen LogP contribution in [0.5, 0.6) is 5.75 Å². The number of methoxy groups -OCH3 is 1. The molecule has 0 aliphatic heterocycles. The van der Waals surface area contributed by atoms with Crippen molar-refractivity contribution in [2.45, 2.75) is 12.6 Å². The van der Waals surface area contributed by atoms with Crippen molar-refractivity contribution in [2.24, 2.45) is 0 Å². The number of ether oxygens (including phenoxy) is 1. The summed E-state index contributed by atoms with van der Waals surface area (Å²) in [5, 5.41) is 10.2. The van der Waals surface area contributed by atoms with Crippen LogP contribution in [0.15, 0.2) is 36.5 Å². The third-order valence-electron chi connectivity index (χ3n) is 4.18. The van der Waals surface area contributed by atoms with Gasteiger partial charge in [-0.05, 0) is 35.7 Å². The molecule has 0 amide bonds. The van der Waals surface area contributed by atoms with E-state index in [0.29, 0.717) is 11.1 Å². The summed E-state index contributed by atoms with van der Waals surface area (Å²) >= 11 is 0. The van der Waals surface area contributed by atoms with Crippen molar-refractivity contribution < 1.29 is 40.6 Å². The number of halogens is 4. The molecule has 3 rings (SSSR count). The molecule has 0 spiro atoms. The number of pyridine rings is 2. The fourth-order valence-corrected chi connectivity index (χ4v) is 3.82. The van der Waals surface area contributed by atoms with Crippen LogP contribution in [0, 0.1) is 5.82 Å². The van der Waals surface area contributed by atoms with E-state index in [2.05, 4.69) is 14.7 Å².